The lowest BCUT2D eigenvalue weighted by Gasteiger charge is -2.12. The molecule has 2 atom stereocenters. The van der Waals surface area contributed by atoms with Gasteiger partial charge in [0, 0.05) is 29.8 Å². The van der Waals surface area contributed by atoms with Gasteiger partial charge < -0.3 is 16.0 Å². The summed E-state index contributed by atoms with van der Waals surface area (Å²) in [5.41, 5.74) is 7.46. The molecule has 1 unspecified atom stereocenters. The van der Waals surface area contributed by atoms with E-state index >= 15 is 0 Å². The average Bonchev–Trinajstić information content (AvgIpc) is 3.49. The van der Waals surface area contributed by atoms with Crippen LogP contribution in [-0.4, -0.2) is 28.9 Å². The summed E-state index contributed by atoms with van der Waals surface area (Å²) < 4.78 is 13.1. The van der Waals surface area contributed by atoms with Gasteiger partial charge in [-0.2, -0.15) is 0 Å². The predicted octanol–water partition coefficient (Wildman–Crippen LogP) is 4.11. The van der Waals surface area contributed by atoms with Crippen molar-refractivity contribution in [2.75, 3.05) is 6.54 Å². The minimum atomic E-state index is -0.260. The molecule has 152 valence electrons. The third-order valence-corrected chi connectivity index (χ3v) is 6.04. The number of alkyl halides is 1. The fraction of sp³-hybridized carbons (Fsp3) is 0.348. The summed E-state index contributed by atoms with van der Waals surface area (Å²) in [5.74, 6) is 0.354. The van der Waals surface area contributed by atoms with Gasteiger partial charge in [0.1, 0.15) is 11.5 Å². The normalized spacial score (nSPS) is 16.0. The van der Waals surface area contributed by atoms with Crippen LogP contribution in [0, 0.1) is 11.7 Å². The van der Waals surface area contributed by atoms with E-state index in [1.165, 1.54) is 25.0 Å². The van der Waals surface area contributed by atoms with Crippen LogP contribution < -0.4 is 11.1 Å². The second-order valence-corrected chi connectivity index (χ2v) is 8.59. The van der Waals surface area contributed by atoms with Gasteiger partial charge in [-0.3, -0.25) is 4.79 Å². The number of H-pyrrole nitrogens is 1. The number of hydrogen-bond donors (Lipinski definition) is 3. The molecule has 1 aliphatic carbocycles. The number of nitrogens with one attached hydrogen (secondary N) is 2. The largest absolute Gasteiger partial charge is 0.355 e. The number of carbonyl (C=O) groups is 1. The summed E-state index contributed by atoms with van der Waals surface area (Å²) in [6, 6.07) is 14.6. The second kappa shape index (κ2) is 8.56. The zero-order valence-electron chi connectivity index (χ0n) is 16.3. The molecule has 1 saturated carbocycles. The average molecular weight is 415 g/mol. The molecule has 3 aromatic rings. The Morgan fingerprint density at radius 3 is 2.59 bits per heavy atom. The summed E-state index contributed by atoms with van der Waals surface area (Å²) >= 11 is 6.38. The molecule has 4 nitrogen and oxygen atoms in total. The van der Waals surface area contributed by atoms with E-state index in [-0.39, 0.29) is 17.1 Å². The third kappa shape index (κ3) is 4.98. The fourth-order valence-electron chi connectivity index (χ4n) is 3.67. The summed E-state index contributed by atoms with van der Waals surface area (Å²) in [4.78, 5) is 15.7. The monoisotopic (exact) mass is 414 g/mol. The highest BCUT2D eigenvalue weighted by molar-refractivity contribution is 6.21. The first-order chi connectivity index (χ1) is 14.0. The minimum absolute atomic E-state index is 0.0867. The maximum atomic E-state index is 13.1. The van der Waals surface area contributed by atoms with Gasteiger partial charge in [-0.05, 0) is 54.7 Å². The molecule has 2 aromatic carbocycles. The highest BCUT2D eigenvalue weighted by Crippen LogP contribution is 2.32. The number of halogens is 2. The smallest absolute Gasteiger partial charge is 0.267 e. The van der Waals surface area contributed by atoms with E-state index in [1.54, 1.807) is 12.1 Å². The number of rotatable bonds is 8. The highest BCUT2D eigenvalue weighted by atomic mass is 35.5. The molecule has 0 saturated heterocycles. The second-order valence-electron chi connectivity index (χ2n) is 7.97. The summed E-state index contributed by atoms with van der Waals surface area (Å²) in [7, 11) is 0. The van der Waals surface area contributed by atoms with Crippen molar-refractivity contribution < 1.29 is 14.9 Å². The number of aromatic amines is 1. The van der Waals surface area contributed by atoms with Crippen LogP contribution in [-0.2, 0) is 0 Å². The van der Waals surface area contributed by atoms with Crippen molar-refractivity contribution in [3.63, 3.8) is 0 Å². The van der Waals surface area contributed by atoms with Gasteiger partial charge in [0.2, 0.25) is 0 Å². The molecular weight excluding hydrogens is 389 g/mol. The van der Waals surface area contributed by atoms with Crippen molar-refractivity contribution in [1.82, 2.24) is 10.3 Å². The van der Waals surface area contributed by atoms with Crippen LogP contribution in [0.4, 0.5) is 4.39 Å². The Morgan fingerprint density at radius 1 is 1.14 bits per heavy atom. The standard InChI is InChI=1S/C23H25ClFN3O/c24-18(7-10-20(26)15-1-2-15)13-27-23(29)22-12-17-4-3-16(11-21(17)28-22)14-5-8-19(25)9-6-14/h3-6,8-9,11-12,15,18,20,28H,1-2,7,10,13,26H2,(H,27,29)/p+1/t18-,20?/m0/s1. The molecule has 1 aliphatic rings. The number of amides is 1. The first kappa shape index (κ1) is 19.9. The lowest BCUT2D eigenvalue weighted by Crippen LogP contribution is -2.62. The quantitative estimate of drug-likeness (QED) is 0.477. The van der Waals surface area contributed by atoms with Crippen molar-refractivity contribution in [3.05, 3.63) is 60.0 Å². The van der Waals surface area contributed by atoms with Gasteiger partial charge in [0.25, 0.3) is 5.91 Å². The minimum Gasteiger partial charge on any atom is -0.355 e. The predicted molar refractivity (Wildman–Crippen MR) is 114 cm³/mol. The number of carbonyl (C=O) groups excluding carboxylic acids is 1. The van der Waals surface area contributed by atoms with E-state index in [1.807, 2.05) is 24.3 Å². The van der Waals surface area contributed by atoms with Gasteiger partial charge >= 0.3 is 0 Å². The Kier molecular flexibility index (Phi) is 5.88. The molecule has 1 heterocycles. The van der Waals surface area contributed by atoms with Crippen LogP contribution in [0.15, 0.2) is 48.5 Å². The van der Waals surface area contributed by atoms with E-state index < -0.39 is 0 Å². The number of aromatic nitrogens is 1. The number of fused-ring (bicyclic) bond motifs is 1. The van der Waals surface area contributed by atoms with E-state index in [4.69, 9.17) is 11.6 Å². The van der Waals surface area contributed by atoms with Crippen molar-refractivity contribution in [3.8, 4) is 11.1 Å². The van der Waals surface area contributed by atoms with E-state index in [0.29, 0.717) is 18.3 Å². The Morgan fingerprint density at radius 2 is 1.86 bits per heavy atom. The van der Waals surface area contributed by atoms with Crippen molar-refractivity contribution in [2.45, 2.75) is 37.1 Å². The van der Waals surface area contributed by atoms with Gasteiger partial charge in [-0.1, -0.05) is 24.3 Å². The van der Waals surface area contributed by atoms with Crippen LogP contribution >= 0.6 is 11.6 Å². The van der Waals surface area contributed by atoms with Gasteiger partial charge in [0.15, 0.2) is 0 Å². The van der Waals surface area contributed by atoms with Gasteiger partial charge in [-0.15, -0.1) is 11.6 Å². The molecular formula is C23H26ClFN3O+. The van der Waals surface area contributed by atoms with Crippen molar-refractivity contribution in [1.29, 1.82) is 0 Å². The molecule has 0 aliphatic heterocycles. The molecule has 1 aromatic heterocycles. The molecule has 29 heavy (non-hydrogen) atoms. The Bertz CT molecular complexity index is 997. The first-order valence-electron chi connectivity index (χ1n) is 10.1. The first-order valence-corrected chi connectivity index (χ1v) is 10.6. The maximum Gasteiger partial charge on any atom is 0.267 e. The van der Waals surface area contributed by atoms with Crippen LogP contribution in [0.5, 0.6) is 0 Å². The van der Waals surface area contributed by atoms with Gasteiger partial charge in [-0.25, -0.2) is 4.39 Å². The topological polar surface area (TPSA) is 72.5 Å². The molecule has 0 bridgehead atoms. The summed E-state index contributed by atoms with van der Waals surface area (Å²) in [6.07, 6.45) is 4.45. The molecule has 1 fully saturated rings. The van der Waals surface area contributed by atoms with Crippen LogP contribution in [0.2, 0.25) is 0 Å². The van der Waals surface area contributed by atoms with E-state index in [0.717, 1.165) is 40.8 Å². The molecule has 0 radical (unpaired) electrons. The Balaban J connectivity index is 1.36. The Hall–Kier alpha value is -2.37. The maximum absolute atomic E-state index is 13.1. The van der Waals surface area contributed by atoms with Crippen LogP contribution in [0.1, 0.15) is 36.2 Å². The van der Waals surface area contributed by atoms with Crippen molar-refractivity contribution >= 4 is 28.4 Å². The molecule has 4 rings (SSSR count). The fourth-order valence-corrected chi connectivity index (χ4v) is 3.87. The third-order valence-electron chi connectivity index (χ3n) is 5.67. The number of benzene rings is 2. The SMILES string of the molecule is [NH3+]C(CC[C@H](Cl)CNC(=O)c1cc2ccc(-c3ccc(F)cc3)cc2[nH]1)C1CC1. The van der Waals surface area contributed by atoms with E-state index in [2.05, 4.69) is 16.0 Å². The van der Waals surface area contributed by atoms with Crippen LogP contribution in [0.3, 0.4) is 0 Å². The zero-order valence-corrected chi connectivity index (χ0v) is 17.0. The number of hydrogen-bond acceptors (Lipinski definition) is 1. The van der Waals surface area contributed by atoms with E-state index in [9.17, 15) is 9.18 Å². The lowest BCUT2D eigenvalue weighted by molar-refractivity contribution is -0.427. The van der Waals surface area contributed by atoms with Crippen molar-refractivity contribution in [2.24, 2.45) is 5.92 Å². The molecule has 1 amide bonds. The zero-order chi connectivity index (χ0) is 20.4. The molecule has 0 spiro atoms. The summed E-state index contributed by atoms with van der Waals surface area (Å²) in [6.45, 7) is 0.438. The molecule has 5 N–H and O–H groups in total. The summed E-state index contributed by atoms with van der Waals surface area (Å²) in [5, 5.41) is 3.78. The van der Waals surface area contributed by atoms with Gasteiger partial charge in [0.05, 0.1) is 11.4 Å². The van der Waals surface area contributed by atoms with Crippen LogP contribution in [0.25, 0.3) is 22.0 Å². The molecule has 6 heteroatoms. The number of quaternary nitrogens is 1. The lowest BCUT2D eigenvalue weighted by atomic mass is 10.0. The highest BCUT2D eigenvalue weighted by Gasteiger charge is 2.31. The Labute approximate surface area is 174 Å².